The van der Waals surface area contributed by atoms with Crippen LogP contribution in [0, 0.1) is 0 Å². The van der Waals surface area contributed by atoms with Crippen molar-refractivity contribution in [3.63, 3.8) is 0 Å². The van der Waals surface area contributed by atoms with E-state index < -0.39 is 6.09 Å². The Labute approximate surface area is 180 Å². The van der Waals surface area contributed by atoms with E-state index in [2.05, 4.69) is 22.5 Å². The Morgan fingerprint density at radius 3 is 3.00 bits per heavy atom. The van der Waals surface area contributed by atoms with E-state index in [0.717, 1.165) is 56.3 Å². The molecule has 1 saturated heterocycles. The monoisotopic (exact) mass is 428 g/mol. The van der Waals surface area contributed by atoms with Gasteiger partial charge in [0, 0.05) is 23.0 Å². The van der Waals surface area contributed by atoms with E-state index in [4.69, 9.17) is 0 Å². The second-order valence-electron chi connectivity index (χ2n) is 8.00. The number of amides is 2. The number of benzene rings is 1. The number of rotatable bonds is 6. The van der Waals surface area contributed by atoms with Gasteiger partial charge in [0.05, 0.1) is 11.7 Å². The quantitative estimate of drug-likeness (QED) is 0.645. The van der Waals surface area contributed by atoms with E-state index in [1.165, 1.54) is 9.78 Å². The maximum Gasteiger partial charge on any atom is 0.407 e. The summed E-state index contributed by atoms with van der Waals surface area (Å²) < 4.78 is 0. The number of nitrogens with zero attached hydrogens (tertiary/aromatic N) is 2. The molecule has 2 aliphatic rings. The van der Waals surface area contributed by atoms with Crippen LogP contribution in [0.2, 0.25) is 0 Å². The molecule has 2 heterocycles. The van der Waals surface area contributed by atoms with Gasteiger partial charge in [-0.05, 0) is 62.8 Å². The number of thiazole rings is 1. The van der Waals surface area contributed by atoms with Crippen LogP contribution in [0.5, 0.6) is 0 Å². The summed E-state index contributed by atoms with van der Waals surface area (Å²) in [6.07, 6.45) is 4.81. The third-order valence-corrected chi connectivity index (χ3v) is 6.91. The number of aryl methyl sites for hydroxylation is 1. The average Bonchev–Trinajstić information content (AvgIpc) is 3.38. The summed E-state index contributed by atoms with van der Waals surface area (Å²) in [5.74, 6) is -0.205. The predicted octanol–water partition coefficient (Wildman–Crippen LogP) is 4.07. The number of hydrogen-bond acceptors (Lipinski definition) is 5. The van der Waals surface area contributed by atoms with Crippen molar-refractivity contribution < 1.29 is 14.7 Å². The third kappa shape index (κ3) is 4.49. The number of carboxylic acid groups (broad SMARTS) is 1. The molecule has 160 valence electrons. The summed E-state index contributed by atoms with van der Waals surface area (Å²) in [5.41, 5.74) is 2.49. The fourth-order valence-electron chi connectivity index (χ4n) is 4.35. The maximum absolute atomic E-state index is 12.8. The van der Waals surface area contributed by atoms with Crippen molar-refractivity contribution in [1.82, 2.24) is 15.2 Å². The van der Waals surface area contributed by atoms with Crippen molar-refractivity contribution in [2.45, 2.75) is 57.5 Å². The van der Waals surface area contributed by atoms with Crippen molar-refractivity contribution in [2.24, 2.45) is 0 Å². The largest absolute Gasteiger partial charge is 0.465 e. The minimum absolute atomic E-state index is 0.185. The van der Waals surface area contributed by atoms with Crippen LogP contribution in [-0.2, 0) is 12.8 Å². The molecule has 0 unspecified atom stereocenters. The molecule has 2 atom stereocenters. The number of fused-ring (bicyclic) bond motifs is 1. The standard InChI is InChI=1S/C22H28N4O3S/c1-2-10-23-16-8-9-17-19(13-16)30-21(24-17)25-20(27)15-6-3-5-14(12-15)18-7-4-11-26(18)22(28)29/h3,5-6,12,16,18,23H,2,4,7-11,13H2,1H3,(H,28,29)(H,24,25,27)/t16-,18+/m0/s1. The molecule has 1 aliphatic heterocycles. The Balaban J connectivity index is 1.44. The highest BCUT2D eigenvalue weighted by atomic mass is 32.1. The fraction of sp³-hybridized carbons (Fsp3) is 0.500. The Hall–Kier alpha value is -2.45. The maximum atomic E-state index is 12.8. The summed E-state index contributed by atoms with van der Waals surface area (Å²) in [5, 5.41) is 16.6. The van der Waals surface area contributed by atoms with Crippen LogP contribution in [0.3, 0.4) is 0 Å². The zero-order chi connectivity index (χ0) is 21.1. The molecule has 8 heteroatoms. The van der Waals surface area contributed by atoms with Gasteiger partial charge in [-0.3, -0.25) is 10.1 Å². The van der Waals surface area contributed by atoms with E-state index in [1.807, 2.05) is 12.1 Å². The molecule has 2 amide bonds. The molecule has 1 aromatic heterocycles. The van der Waals surface area contributed by atoms with Crippen LogP contribution in [0.25, 0.3) is 0 Å². The van der Waals surface area contributed by atoms with Gasteiger partial charge in [-0.2, -0.15) is 0 Å². The van der Waals surface area contributed by atoms with E-state index in [0.29, 0.717) is 23.3 Å². The number of anilines is 1. The van der Waals surface area contributed by atoms with Crippen molar-refractivity contribution in [3.05, 3.63) is 46.0 Å². The molecule has 1 aliphatic carbocycles. The van der Waals surface area contributed by atoms with E-state index in [9.17, 15) is 14.7 Å². The normalized spacial score (nSPS) is 20.8. The first-order valence-corrected chi connectivity index (χ1v) is 11.5. The number of nitrogens with one attached hydrogen (secondary N) is 2. The van der Waals surface area contributed by atoms with E-state index >= 15 is 0 Å². The SMILES string of the molecule is CCCN[C@H]1CCc2nc(NC(=O)c3cccc([C@H]4CCCN4C(=O)O)c3)sc2C1. The number of hydrogen-bond donors (Lipinski definition) is 3. The molecule has 7 nitrogen and oxygen atoms in total. The van der Waals surface area contributed by atoms with Gasteiger partial charge >= 0.3 is 6.09 Å². The molecule has 4 rings (SSSR count). The lowest BCUT2D eigenvalue weighted by atomic mass is 9.98. The number of carbonyl (C=O) groups excluding carboxylic acids is 1. The molecule has 30 heavy (non-hydrogen) atoms. The van der Waals surface area contributed by atoms with Crippen LogP contribution < -0.4 is 10.6 Å². The number of likely N-dealkylation sites (tertiary alicyclic amines) is 1. The van der Waals surface area contributed by atoms with E-state index in [-0.39, 0.29) is 11.9 Å². The highest BCUT2D eigenvalue weighted by Crippen LogP contribution is 2.33. The smallest absolute Gasteiger partial charge is 0.407 e. The van der Waals surface area contributed by atoms with Crippen molar-refractivity contribution in [2.75, 3.05) is 18.4 Å². The third-order valence-electron chi connectivity index (χ3n) is 5.88. The summed E-state index contributed by atoms with van der Waals surface area (Å²) in [6, 6.07) is 7.58. The second kappa shape index (κ2) is 9.14. The Kier molecular flexibility index (Phi) is 6.34. The molecular weight excluding hydrogens is 400 g/mol. The predicted molar refractivity (Wildman–Crippen MR) is 117 cm³/mol. The van der Waals surface area contributed by atoms with Crippen LogP contribution in [0.15, 0.2) is 24.3 Å². The van der Waals surface area contributed by atoms with Crippen LogP contribution >= 0.6 is 11.3 Å². The highest BCUT2D eigenvalue weighted by Gasteiger charge is 2.30. The Morgan fingerprint density at radius 2 is 2.20 bits per heavy atom. The second-order valence-corrected chi connectivity index (χ2v) is 9.08. The van der Waals surface area contributed by atoms with Crippen LogP contribution in [0.4, 0.5) is 9.93 Å². The van der Waals surface area contributed by atoms with Gasteiger partial charge in [-0.1, -0.05) is 19.1 Å². The van der Waals surface area contributed by atoms with Gasteiger partial charge in [-0.15, -0.1) is 11.3 Å². The molecule has 3 N–H and O–H groups in total. The lowest BCUT2D eigenvalue weighted by Crippen LogP contribution is -2.34. The minimum atomic E-state index is -0.910. The lowest BCUT2D eigenvalue weighted by Gasteiger charge is -2.22. The van der Waals surface area contributed by atoms with Gasteiger partial charge in [0.15, 0.2) is 5.13 Å². The van der Waals surface area contributed by atoms with Gasteiger partial charge in [0.1, 0.15) is 0 Å². The van der Waals surface area contributed by atoms with Gasteiger partial charge < -0.3 is 15.3 Å². The first kappa shape index (κ1) is 20.8. The fourth-order valence-corrected chi connectivity index (χ4v) is 5.43. The molecule has 0 spiro atoms. The highest BCUT2D eigenvalue weighted by molar-refractivity contribution is 7.15. The molecule has 0 bridgehead atoms. The summed E-state index contributed by atoms with van der Waals surface area (Å²) in [7, 11) is 0. The molecule has 2 aromatic rings. The molecular formula is C22H28N4O3S. The van der Waals surface area contributed by atoms with Crippen molar-refractivity contribution in [3.8, 4) is 0 Å². The summed E-state index contributed by atoms with van der Waals surface area (Å²) >= 11 is 1.56. The Bertz CT molecular complexity index is 929. The topological polar surface area (TPSA) is 94.6 Å². The van der Waals surface area contributed by atoms with Crippen LogP contribution in [-0.4, -0.2) is 46.1 Å². The summed E-state index contributed by atoms with van der Waals surface area (Å²) in [4.78, 5) is 31.6. The van der Waals surface area contributed by atoms with Gasteiger partial charge in [0.2, 0.25) is 0 Å². The molecule has 0 saturated carbocycles. The Morgan fingerprint density at radius 1 is 1.33 bits per heavy atom. The molecule has 0 radical (unpaired) electrons. The lowest BCUT2D eigenvalue weighted by molar-refractivity contribution is 0.102. The molecule has 1 fully saturated rings. The van der Waals surface area contributed by atoms with Crippen LogP contribution in [0.1, 0.15) is 65.1 Å². The first-order chi connectivity index (χ1) is 14.5. The zero-order valence-electron chi connectivity index (χ0n) is 17.2. The van der Waals surface area contributed by atoms with E-state index in [1.54, 1.807) is 23.5 Å². The summed E-state index contributed by atoms with van der Waals surface area (Å²) in [6.45, 7) is 3.73. The number of aromatic nitrogens is 1. The first-order valence-electron chi connectivity index (χ1n) is 10.7. The molecule has 1 aromatic carbocycles. The average molecular weight is 429 g/mol. The van der Waals surface area contributed by atoms with Gasteiger partial charge in [-0.25, -0.2) is 9.78 Å². The van der Waals surface area contributed by atoms with Crippen molar-refractivity contribution in [1.29, 1.82) is 0 Å². The zero-order valence-corrected chi connectivity index (χ0v) is 18.0. The van der Waals surface area contributed by atoms with Gasteiger partial charge in [0.25, 0.3) is 5.91 Å². The van der Waals surface area contributed by atoms with Crippen molar-refractivity contribution >= 4 is 28.5 Å². The minimum Gasteiger partial charge on any atom is -0.465 e. The number of carbonyl (C=O) groups is 2.